The van der Waals surface area contributed by atoms with Crippen LogP contribution in [0.25, 0.3) is 0 Å². The number of halogens is 1. The molecule has 0 aliphatic rings. The van der Waals surface area contributed by atoms with Gasteiger partial charge in [-0.1, -0.05) is 28.1 Å². The summed E-state index contributed by atoms with van der Waals surface area (Å²) in [6.07, 6.45) is 1.66. The van der Waals surface area contributed by atoms with Gasteiger partial charge in [-0.05, 0) is 36.3 Å². The number of hydrogen-bond acceptors (Lipinski definition) is 3. The van der Waals surface area contributed by atoms with Gasteiger partial charge in [0.15, 0.2) is 0 Å². The molecule has 0 atom stereocenters. The van der Waals surface area contributed by atoms with Crippen molar-refractivity contribution in [2.24, 2.45) is 0 Å². The number of aryl methyl sites for hydroxylation is 2. The molecule has 0 radical (unpaired) electrons. The van der Waals surface area contributed by atoms with Gasteiger partial charge in [-0.3, -0.25) is 0 Å². The summed E-state index contributed by atoms with van der Waals surface area (Å²) in [6, 6.07) is 8.20. The van der Waals surface area contributed by atoms with Gasteiger partial charge >= 0.3 is 0 Å². The lowest BCUT2D eigenvalue weighted by atomic mass is 10.1. The highest BCUT2D eigenvalue weighted by atomic mass is 79.9. The number of nitrogens with one attached hydrogen (secondary N) is 1. The van der Waals surface area contributed by atoms with Gasteiger partial charge in [0, 0.05) is 10.9 Å². The van der Waals surface area contributed by atoms with E-state index >= 15 is 0 Å². The van der Waals surface area contributed by atoms with Crippen molar-refractivity contribution >= 4 is 28.1 Å². The molecule has 0 spiro atoms. The molecule has 0 aliphatic carbocycles. The molecule has 5 heteroatoms. The topological polar surface area (TPSA) is 41.8 Å². The molecule has 0 bridgehead atoms. The monoisotopic (exact) mass is 284 g/mol. The number of aromatic nitrogens is 2. The summed E-state index contributed by atoms with van der Waals surface area (Å²) >= 11 is 8.19. The number of hydrogen-bond donors (Lipinski definition) is 1. The van der Waals surface area contributed by atoms with E-state index in [1.165, 1.54) is 5.56 Å². The van der Waals surface area contributed by atoms with Crippen LogP contribution in [-0.4, -0.2) is 10.2 Å². The highest BCUT2D eigenvalue weighted by Gasteiger charge is 2.00. The van der Waals surface area contributed by atoms with Crippen LogP contribution < -0.4 is 0 Å². The molecular weight excluding hydrogens is 276 g/mol. The maximum atomic E-state index is 5.17. The first-order valence-corrected chi connectivity index (χ1v) is 5.73. The molecule has 0 unspecified atom stereocenters. The third-order valence-corrected chi connectivity index (χ3v) is 2.73. The summed E-state index contributed by atoms with van der Waals surface area (Å²) in [5.74, 6) is 0.655. The first-order chi connectivity index (χ1) is 7.24. The van der Waals surface area contributed by atoms with E-state index in [2.05, 4.69) is 38.3 Å². The van der Waals surface area contributed by atoms with Crippen molar-refractivity contribution in [3.05, 3.63) is 45.0 Å². The summed E-state index contributed by atoms with van der Waals surface area (Å²) < 4.78 is 6.25. The summed E-state index contributed by atoms with van der Waals surface area (Å²) in [5, 5.41) is 6.55. The van der Waals surface area contributed by atoms with Gasteiger partial charge in [-0.15, -0.1) is 5.10 Å². The Morgan fingerprint density at radius 2 is 2.00 bits per heavy atom. The molecule has 1 aromatic carbocycles. The third-order valence-electron chi connectivity index (χ3n) is 2.02. The number of rotatable bonds is 3. The van der Waals surface area contributed by atoms with E-state index < -0.39 is 0 Å². The lowest BCUT2D eigenvalue weighted by Crippen LogP contribution is -1.91. The van der Waals surface area contributed by atoms with Gasteiger partial charge in [-0.25, -0.2) is 5.10 Å². The van der Waals surface area contributed by atoms with Crippen LogP contribution in [-0.2, 0) is 12.8 Å². The highest BCUT2D eigenvalue weighted by Crippen LogP contribution is 2.12. The number of benzene rings is 1. The van der Waals surface area contributed by atoms with Gasteiger partial charge < -0.3 is 4.42 Å². The molecule has 2 aromatic rings. The normalized spacial score (nSPS) is 10.5. The Labute approximate surface area is 101 Å². The van der Waals surface area contributed by atoms with Crippen molar-refractivity contribution in [3.8, 4) is 0 Å². The van der Waals surface area contributed by atoms with E-state index in [9.17, 15) is 0 Å². The molecule has 0 saturated heterocycles. The number of nitrogens with zero attached hydrogens (tertiary/aromatic N) is 1. The average molecular weight is 285 g/mol. The van der Waals surface area contributed by atoms with Crippen LogP contribution in [0.3, 0.4) is 0 Å². The maximum absolute atomic E-state index is 5.17. The molecule has 15 heavy (non-hydrogen) atoms. The van der Waals surface area contributed by atoms with Crippen LogP contribution in [0.5, 0.6) is 0 Å². The minimum absolute atomic E-state index is 0.334. The van der Waals surface area contributed by atoms with Gasteiger partial charge in [0.05, 0.1) is 0 Å². The van der Waals surface area contributed by atoms with Crippen molar-refractivity contribution < 1.29 is 4.42 Å². The van der Waals surface area contributed by atoms with E-state index in [1.54, 1.807) is 0 Å². The molecule has 78 valence electrons. The number of H-pyrrole nitrogens is 1. The standard InChI is InChI=1S/C10H9BrN2OS/c11-8-4-1-7(2-5-8)3-6-9-12-13-10(15)14-9/h1-2,4-5H,3,6H2,(H,13,15). The Bertz CT molecular complexity index is 489. The molecule has 1 heterocycles. The molecular formula is C10H9BrN2OS. The second-order valence-corrected chi connectivity index (χ2v) is 4.42. The zero-order chi connectivity index (χ0) is 10.7. The van der Waals surface area contributed by atoms with Gasteiger partial charge in [0.1, 0.15) is 0 Å². The van der Waals surface area contributed by atoms with Gasteiger partial charge in [0.2, 0.25) is 5.89 Å². The van der Waals surface area contributed by atoms with Crippen LogP contribution in [0.2, 0.25) is 0 Å². The van der Waals surface area contributed by atoms with E-state index in [1.807, 2.05) is 12.1 Å². The van der Waals surface area contributed by atoms with E-state index in [4.69, 9.17) is 16.6 Å². The van der Waals surface area contributed by atoms with Crippen LogP contribution in [0, 0.1) is 4.84 Å². The first kappa shape index (κ1) is 10.6. The van der Waals surface area contributed by atoms with Crippen molar-refractivity contribution in [1.29, 1.82) is 0 Å². The van der Waals surface area contributed by atoms with Crippen molar-refractivity contribution in [2.75, 3.05) is 0 Å². The quantitative estimate of drug-likeness (QED) is 0.880. The zero-order valence-corrected chi connectivity index (χ0v) is 10.3. The molecule has 1 N–H and O–H groups in total. The fourth-order valence-electron chi connectivity index (χ4n) is 1.27. The van der Waals surface area contributed by atoms with Crippen LogP contribution in [0.15, 0.2) is 33.2 Å². The Hall–Kier alpha value is -0.940. The van der Waals surface area contributed by atoms with E-state index in [-0.39, 0.29) is 0 Å². The van der Waals surface area contributed by atoms with Crippen LogP contribution in [0.4, 0.5) is 0 Å². The molecule has 0 amide bonds. The predicted molar refractivity (Wildman–Crippen MR) is 63.2 cm³/mol. The lowest BCUT2D eigenvalue weighted by molar-refractivity contribution is 0.480. The molecule has 2 rings (SSSR count). The summed E-state index contributed by atoms with van der Waals surface area (Å²) in [4.78, 5) is 0.334. The Morgan fingerprint density at radius 3 is 2.60 bits per heavy atom. The lowest BCUT2D eigenvalue weighted by Gasteiger charge is -1.98. The second kappa shape index (κ2) is 4.72. The molecule has 0 aliphatic heterocycles. The predicted octanol–water partition coefficient (Wildman–Crippen LogP) is 3.28. The highest BCUT2D eigenvalue weighted by molar-refractivity contribution is 9.10. The Kier molecular flexibility index (Phi) is 3.33. The average Bonchev–Trinajstić information content (AvgIpc) is 2.64. The smallest absolute Gasteiger partial charge is 0.284 e. The van der Waals surface area contributed by atoms with E-state index in [0.717, 1.165) is 17.3 Å². The molecule has 0 fully saturated rings. The second-order valence-electron chi connectivity index (χ2n) is 3.13. The Morgan fingerprint density at radius 1 is 1.27 bits per heavy atom. The number of aromatic amines is 1. The van der Waals surface area contributed by atoms with Crippen molar-refractivity contribution in [2.45, 2.75) is 12.8 Å². The van der Waals surface area contributed by atoms with E-state index in [0.29, 0.717) is 10.7 Å². The molecule has 0 saturated carbocycles. The van der Waals surface area contributed by atoms with Crippen LogP contribution >= 0.6 is 28.1 Å². The van der Waals surface area contributed by atoms with Gasteiger partial charge in [0.25, 0.3) is 4.84 Å². The first-order valence-electron chi connectivity index (χ1n) is 4.53. The Balaban J connectivity index is 1.99. The minimum atomic E-state index is 0.334. The fraction of sp³-hybridized carbons (Fsp3) is 0.200. The summed E-state index contributed by atoms with van der Waals surface area (Å²) in [7, 11) is 0. The largest absolute Gasteiger partial charge is 0.414 e. The van der Waals surface area contributed by atoms with Crippen LogP contribution in [0.1, 0.15) is 11.5 Å². The molecule has 3 nitrogen and oxygen atoms in total. The third kappa shape index (κ3) is 3.00. The summed E-state index contributed by atoms with van der Waals surface area (Å²) in [5.41, 5.74) is 1.25. The van der Waals surface area contributed by atoms with Crippen molar-refractivity contribution in [1.82, 2.24) is 10.2 Å². The van der Waals surface area contributed by atoms with Gasteiger partial charge in [-0.2, -0.15) is 0 Å². The SMILES string of the molecule is S=c1[nH]nc(CCc2ccc(Br)cc2)o1. The minimum Gasteiger partial charge on any atom is -0.414 e. The zero-order valence-electron chi connectivity index (χ0n) is 7.87. The summed E-state index contributed by atoms with van der Waals surface area (Å²) in [6.45, 7) is 0. The maximum Gasteiger partial charge on any atom is 0.284 e. The fourth-order valence-corrected chi connectivity index (χ4v) is 1.68. The van der Waals surface area contributed by atoms with Crippen molar-refractivity contribution in [3.63, 3.8) is 0 Å². The molecule has 1 aromatic heterocycles.